The molecule has 5 nitrogen and oxygen atoms in total. The van der Waals surface area contributed by atoms with Gasteiger partial charge in [0.05, 0.1) is 23.2 Å². The summed E-state index contributed by atoms with van der Waals surface area (Å²) >= 11 is 0. The first-order chi connectivity index (χ1) is 14.0. The lowest BCUT2D eigenvalue weighted by molar-refractivity contribution is -0.0699. The normalized spacial score (nSPS) is 20.1. The molecule has 2 heterocycles. The molecule has 0 bridgehead atoms. The molecule has 2 aromatic carbocycles. The van der Waals surface area contributed by atoms with Gasteiger partial charge in [0.25, 0.3) is 0 Å². The van der Waals surface area contributed by atoms with E-state index in [0.717, 1.165) is 25.2 Å². The third kappa shape index (κ3) is 4.36. The number of rotatable bonds is 5. The van der Waals surface area contributed by atoms with Crippen molar-refractivity contribution in [3.63, 3.8) is 0 Å². The molecule has 1 aliphatic rings. The van der Waals surface area contributed by atoms with Gasteiger partial charge in [-0.1, -0.05) is 30.3 Å². The van der Waals surface area contributed by atoms with Gasteiger partial charge in [-0.15, -0.1) is 0 Å². The van der Waals surface area contributed by atoms with Crippen molar-refractivity contribution >= 4 is 11.0 Å². The molecule has 0 spiro atoms. The molecule has 0 aliphatic carbocycles. The second-order valence-electron chi connectivity index (χ2n) is 7.75. The van der Waals surface area contributed by atoms with E-state index in [9.17, 15) is 4.79 Å². The lowest BCUT2D eigenvalue weighted by atomic mass is 10.0. The van der Waals surface area contributed by atoms with Gasteiger partial charge < -0.3 is 13.9 Å². The quantitative estimate of drug-likeness (QED) is 0.648. The molecule has 152 valence electrons. The van der Waals surface area contributed by atoms with E-state index in [1.54, 1.807) is 6.07 Å². The largest absolute Gasteiger partial charge is 0.492 e. The Labute approximate surface area is 170 Å². The van der Waals surface area contributed by atoms with Gasteiger partial charge in [0, 0.05) is 25.7 Å². The SMILES string of the molecule is Cc1oc2cc(OCCN3C[C@@H](C)O[C@H](C)C3)ccc2c(=O)c1-c1ccccc1. The molecule has 1 saturated heterocycles. The van der Waals surface area contributed by atoms with Gasteiger partial charge in [-0.25, -0.2) is 0 Å². The van der Waals surface area contributed by atoms with Crippen molar-refractivity contribution in [3.05, 3.63) is 64.5 Å². The molecule has 5 heteroatoms. The highest BCUT2D eigenvalue weighted by Gasteiger charge is 2.21. The summed E-state index contributed by atoms with van der Waals surface area (Å²) in [5.41, 5.74) is 2.02. The molecule has 0 radical (unpaired) electrons. The average Bonchev–Trinajstić information content (AvgIpc) is 2.68. The van der Waals surface area contributed by atoms with Crippen molar-refractivity contribution in [2.75, 3.05) is 26.2 Å². The van der Waals surface area contributed by atoms with Crippen molar-refractivity contribution in [2.24, 2.45) is 0 Å². The summed E-state index contributed by atoms with van der Waals surface area (Å²) in [7, 11) is 0. The Morgan fingerprint density at radius 1 is 1.07 bits per heavy atom. The maximum Gasteiger partial charge on any atom is 0.200 e. The van der Waals surface area contributed by atoms with E-state index in [4.69, 9.17) is 13.9 Å². The lowest BCUT2D eigenvalue weighted by Crippen LogP contribution is -2.46. The molecule has 4 rings (SSSR count). The number of hydrogen-bond donors (Lipinski definition) is 0. The number of aryl methyl sites for hydroxylation is 1. The number of benzene rings is 2. The second-order valence-corrected chi connectivity index (χ2v) is 7.75. The van der Waals surface area contributed by atoms with Gasteiger partial charge in [-0.05, 0) is 38.5 Å². The van der Waals surface area contributed by atoms with Crippen molar-refractivity contribution in [1.29, 1.82) is 0 Å². The lowest BCUT2D eigenvalue weighted by Gasteiger charge is -2.35. The fourth-order valence-electron chi connectivity index (χ4n) is 4.07. The van der Waals surface area contributed by atoms with E-state index in [-0.39, 0.29) is 17.6 Å². The van der Waals surface area contributed by atoms with Gasteiger partial charge >= 0.3 is 0 Å². The monoisotopic (exact) mass is 393 g/mol. The van der Waals surface area contributed by atoms with Crippen molar-refractivity contribution in [1.82, 2.24) is 4.90 Å². The summed E-state index contributed by atoms with van der Waals surface area (Å²) in [6.07, 6.45) is 0.492. The highest BCUT2D eigenvalue weighted by atomic mass is 16.5. The van der Waals surface area contributed by atoms with Crippen LogP contribution in [0.15, 0.2) is 57.7 Å². The van der Waals surface area contributed by atoms with Gasteiger partial charge in [-0.2, -0.15) is 0 Å². The topological polar surface area (TPSA) is 51.9 Å². The molecule has 0 amide bonds. The van der Waals surface area contributed by atoms with Gasteiger partial charge in [0.2, 0.25) is 5.43 Å². The summed E-state index contributed by atoms with van der Waals surface area (Å²) in [5, 5.41) is 0.567. The van der Waals surface area contributed by atoms with Crippen molar-refractivity contribution in [2.45, 2.75) is 33.0 Å². The Bertz CT molecular complexity index is 1030. The number of morpholine rings is 1. The van der Waals surface area contributed by atoms with Crippen LogP contribution < -0.4 is 10.2 Å². The Hall–Kier alpha value is -2.63. The van der Waals surface area contributed by atoms with Crippen LogP contribution in [0.5, 0.6) is 5.75 Å². The molecular formula is C24H27NO4. The van der Waals surface area contributed by atoms with E-state index >= 15 is 0 Å². The number of ether oxygens (including phenoxy) is 2. The Kier molecular flexibility index (Phi) is 5.69. The molecule has 0 unspecified atom stereocenters. The molecule has 29 heavy (non-hydrogen) atoms. The molecule has 2 atom stereocenters. The van der Waals surface area contributed by atoms with Crippen LogP contribution >= 0.6 is 0 Å². The van der Waals surface area contributed by atoms with Crippen LogP contribution in [-0.2, 0) is 4.74 Å². The average molecular weight is 393 g/mol. The third-order valence-corrected chi connectivity index (χ3v) is 5.27. The first kappa shape index (κ1) is 19.7. The maximum absolute atomic E-state index is 13.0. The van der Waals surface area contributed by atoms with Crippen LogP contribution in [0.25, 0.3) is 22.1 Å². The predicted octanol–water partition coefficient (Wildman–Crippen LogP) is 4.26. The summed E-state index contributed by atoms with van der Waals surface area (Å²) < 4.78 is 17.7. The summed E-state index contributed by atoms with van der Waals surface area (Å²) in [4.78, 5) is 15.4. The summed E-state index contributed by atoms with van der Waals surface area (Å²) in [5.74, 6) is 1.32. The minimum atomic E-state index is -0.0159. The highest BCUT2D eigenvalue weighted by molar-refractivity contribution is 5.83. The van der Waals surface area contributed by atoms with E-state index in [0.29, 0.717) is 34.6 Å². The minimum Gasteiger partial charge on any atom is -0.492 e. The Balaban J connectivity index is 1.50. The van der Waals surface area contributed by atoms with Crippen LogP contribution in [0.1, 0.15) is 19.6 Å². The molecule has 3 aromatic rings. The molecule has 0 N–H and O–H groups in total. The third-order valence-electron chi connectivity index (χ3n) is 5.27. The van der Waals surface area contributed by atoms with E-state index in [1.165, 1.54) is 0 Å². The fraction of sp³-hybridized carbons (Fsp3) is 0.375. The zero-order chi connectivity index (χ0) is 20.4. The fourth-order valence-corrected chi connectivity index (χ4v) is 4.07. The summed E-state index contributed by atoms with van der Waals surface area (Å²) in [6.45, 7) is 9.28. The smallest absolute Gasteiger partial charge is 0.200 e. The zero-order valence-electron chi connectivity index (χ0n) is 17.2. The van der Waals surface area contributed by atoms with E-state index < -0.39 is 0 Å². The van der Waals surface area contributed by atoms with Crippen molar-refractivity contribution < 1.29 is 13.9 Å². The standard InChI is InChI=1S/C24H27NO4/c1-16-14-25(15-17(2)28-16)11-12-27-20-9-10-21-22(13-20)29-18(3)23(24(21)26)19-7-5-4-6-8-19/h4-10,13,16-17H,11-12,14-15H2,1-3H3/t16-,17-/m1/s1. The second kappa shape index (κ2) is 8.39. The predicted molar refractivity (Wildman–Crippen MR) is 115 cm³/mol. The van der Waals surface area contributed by atoms with Crippen molar-refractivity contribution in [3.8, 4) is 16.9 Å². The Morgan fingerprint density at radius 2 is 1.79 bits per heavy atom. The molecule has 1 fully saturated rings. The van der Waals surface area contributed by atoms with Crippen LogP contribution in [0.2, 0.25) is 0 Å². The van der Waals surface area contributed by atoms with Crippen LogP contribution in [0.3, 0.4) is 0 Å². The number of nitrogens with zero attached hydrogens (tertiary/aromatic N) is 1. The maximum atomic E-state index is 13.0. The van der Waals surface area contributed by atoms with E-state index in [2.05, 4.69) is 18.7 Å². The molecule has 1 aromatic heterocycles. The molecular weight excluding hydrogens is 366 g/mol. The van der Waals surface area contributed by atoms with Gasteiger partial charge in [-0.3, -0.25) is 9.69 Å². The molecule has 0 saturated carbocycles. The van der Waals surface area contributed by atoms with Crippen LogP contribution in [-0.4, -0.2) is 43.3 Å². The minimum absolute atomic E-state index is 0.0159. The zero-order valence-corrected chi connectivity index (χ0v) is 17.2. The van der Waals surface area contributed by atoms with Crippen LogP contribution in [0.4, 0.5) is 0 Å². The Morgan fingerprint density at radius 3 is 2.52 bits per heavy atom. The number of fused-ring (bicyclic) bond motifs is 1. The van der Waals surface area contributed by atoms with E-state index in [1.807, 2.05) is 49.4 Å². The van der Waals surface area contributed by atoms with Gasteiger partial charge in [0.15, 0.2) is 0 Å². The van der Waals surface area contributed by atoms with Crippen LogP contribution in [0, 0.1) is 6.92 Å². The highest BCUT2D eigenvalue weighted by Crippen LogP contribution is 2.26. The number of hydrogen-bond acceptors (Lipinski definition) is 5. The summed E-state index contributed by atoms with van der Waals surface area (Å²) in [6, 6.07) is 15.1. The molecule has 1 aliphatic heterocycles. The first-order valence-electron chi connectivity index (χ1n) is 10.1. The van der Waals surface area contributed by atoms with Gasteiger partial charge in [0.1, 0.15) is 23.7 Å². The first-order valence-corrected chi connectivity index (χ1v) is 10.1.